The van der Waals surface area contributed by atoms with Gasteiger partial charge in [0.05, 0.1) is 12.6 Å². The predicted molar refractivity (Wildman–Crippen MR) is 107 cm³/mol. The summed E-state index contributed by atoms with van der Waals surface area (Å²) in [5.74, 6) is 3.35. The predicted octanol–water partition coefficient (Wildman–Crippen LogP) is 3.99. The van der Waals surface area contributed by atoms with Crippen LogP contribution in [0.15, 0.2) is 53.7 Å². The van der Waals surface area contributed by atoms with E-state index in [2.05, 4.69) is 33.0 Å². The summed E-state index contributed by atoms with van der Waals surface area (Å²) in [5.41, 5.74) is 2.18. The van der Waals surface area contributed by atoms with Crippen LogP contribution in [0.5, 0.6) is 11.5 Å². The minimum Gasteiger partial charge on any atom is -0.454 e. The lowest BCUT2D eigenvalue weighted by molar-refractivity contribution is 0.129. The third-order valence-corrected chi connectivity index (χ3v) is 6.05. The lowest BCUT2D eigenvalue weighted by atomic mass is 10.2. The number of thioether (sulfide) groups is 1. The van der Waals surface area contributed by atoms with Crippen molar-refractivity contribution >= 4 is 11.8 Å². The topological polar surface area (TPSA) is 58.4 Å². The normalized spacial score (nSPS) is 17.9. The van der Waals surface area contributed by atoms with Crippen LogP contribution in [0, 0.1) is 0 Å². The Kier molecular flexibility index (Phi) is 4.93. The minimum absolute atomic E-state index is 0.281. The van der Waals surface area contributed by atoms with Crippen LogP contribution >= 0.6 is 11.8 Å². The van der Waals surface area contributed by atoms with Gasteiger partial charge in [0.1, 0.15) is 0 Å². The number of ether oxygens (including phenoxy) is 3. The van der Waals surface area contributed by atoms with Crippen molar-refractivity contribution in [3.05, 3.63) is 54.1 Å². The second-order valence-electron chi connectivity index (χ2n) is 6.89. The second-order valence-corrected chi connectivity index (χ2v) is 7.88. The van der Waals surface area contributed by atoms with Crippen molar-refractivity contribution in [2.24, 2.45) is 0 Å². The fraction of sp³-hybridized carbons (Fsp3) is 0.333. The molecule has 2 aromatic carbocycles. The van der Waals surface area contributed by atoms with E-state index < -0.39 is 0 Å². The SMILES string of the molecule is c1ccc(-c2nnc(SC[C@H]3CCCO3)n2Cc2ccc3c(c2)OCO3)cc1. The number of nitrogens with zero attached hydrogens (tertiary/aromatic N) is 3. The first-order valence-electron chi connectivity index (χ1n) is 9.48. The molecule has 0 saturated carbocycles. The van der Waals surface area contributed by atoms with Crippen LogP contribution in [0.3, 0.4) is 0 Å². The molecule has 1 atom stereocenters. The maximum Gasteiger partial charge on any atom is 0.231 e. The second kappa shape index (κ2) is 7.85. The van der Waals surface area contributed by atoms with Crippen molar-refractivity contribution in [1.29, 1.82) is 0 Å². The molecule has 0 radical (unpaired) electrons. The quantitative estimate of drug-likeness (QED) is 0.588. The van der Waals surface area contributed by atoms with E-state index in [1.54, 1.807) is 11.8 Å². The molecule has 3 aromatic rings. The zero-order valence-electron chi connectivity index (χ0n) is 15.4. The maximum atomic E-state index is 5.77. The van der Waals surface area contributed by atoms with E-state index in [9.17, 15) is 0 Å². The summed E-state index contributed by atoms with van der Waals surface area (Å²) in [7, 11) is 0. The lowest BCUT2D eigenvalue weighted by Gasteiger charge is -2.12. The van der Waals surface area contributed by atoms with Gasteiger partial charge in [0.15, 0.2) is 22.5 Å². The first-order chi connectivity index (χ1) is 13.9. The fourth-order valence-electron chi connectivity index (χ4n) is 3.50. The van der Waals surface area contributed by atoms with Gasteiger partial charge in [0.2, 0.25) is 6.79 Å². The third-order valence-electron chi connectivity index (χ3n) is 4.95. The van der Waals surface area contributed by atoms with Gasteiger partial charge >= 0.3 is 0 Å². The van der Waals surface area contributed by atoms with E-state index in [4.69, 9.17) is 14.2 Å². The highest BCUT2D eigenvalue weighted by Gasteiger charge is 2.20. The Morgan fingerprint density at radius 3 is 2.79 bits per heavy atom. The summed E-state index contributed by atoms with van der Waals surface area (Å²) < 4.78 is 18.9. The van der Waals surface area contributed by atoms with Gasteiger partial charge in [-0.15, -0.1) is 10.2 Å². The molecular formula is C21H21N3O3S. The fourth-order valence-corrected chi connectivity index (χ4v) is 4.51. The van der Waals surface area contributed by atoms with Gasteiger partial charge in [0.25, 0.3) is 0 Å². The molecule has 0 bridgehead atoms. The molecule has 6 nitrogen and oxygen atoms in total. The van der Waals surface area contributed by atoms with E-state index >= 15 is 0 Å². The molecule has 0 spiro atoms. The Morgan fingerprint density at radius 1 is 1.04 bits per heavy atom. The van der Waals surface area contributed by atoms with Crippen LogP contribution in [0.1, 0.15) is 18.4 Å². The van der Waals surface area contributed by atoms with Crippen molar-refractivity contribution in [2.45, 2.75) is 30.6 Å². The Bertz CT molecular complexity index is 955. The van der Waals surface area contributed by atoms with Crippen LogP contribution in [0.2, 0.25) is 0 Å². The number of hydrogen-bond donors (Lipinski definition) is 0. The standard InChI is InChI=1S/C21H21N3O3S/c1-2-5-16(6-3-1)20-22-23-21(28-13-17-7-4-10-25-17)24(20)12-15-8-9-18-19(11-15)27-14-26-18/h1-3,5-6,8-9,11,17H,4,7,10,12-14H2/t17-/m1/s1. The number of rotatable bonds is 6. The van der Waals surface area contributed by atoms with Gasteiger partial charge in [-0.2, -0.15) is 0 Å². The molecule has 1 aromatic heterocycles. The van der Waals surface area contributed by atoms with Crippen molar-refractivity contribution in [3.8, 4) is 22.9 Å². The molecular weight excluding hydrogens is 374 g/mol. The zero-order valence-corrected chi connectivity index (χ0v) is 16.2. The van der Waals surface area contributed by atoms with E-state index in [1.165, 1.54) is 0 Å². The third kappa shape index (κ3) is 3.59. The molecule has 5 rings (SSSR count). The van der Waals surface area contributed by atoms with Gasteiger partial charge < -0.3 is 14.2 Å². The van der Waals surface area contributed by atoms with Gasteiger partial charge in [-0.25, -0.2) is 0 Å². The first kappa shape index (κ1) is 17.6. The molecule has 0 N–H and O–H groups in total. The van der Waals surface area contributed by atoms with Crippen LogP contribution < -0.4 is 9.47 Å². The lowest BCUT2D eigenvalue weighted by Crippen LogP contribution is -2.10. The number of fused-ring (bicyclic) bond motifs is 1. The van der Waals surface area contributed by atoms with E-state index in [0.717, 1.165) is 58.8 Å². The highest BCUT2D eigenvalue weighted by atomic mass is 32.2. The van der Waals surface area contributed by atoms with E-state index in [0.29, 0.717) is 12.6 Å². The van der Waals surface area contributed by atoms with Crippen molar-refractivity contribution in [1.82, 2.24) is 14.8 Å². The minimum atomic E-state index is 0.281. The molecule has 144 valence electrons. The number of aromatic nitrogens is 3. The molecule has 0 unspecified atom stereocenters. The summed E-state index contributed by atoms with van der Waals surface area (Å²) in [6.07, 6.45) is 2.57. The van der Waals surface area contributed by atoms with Gasteiger partial charge in [-0.05, 0) is 30.5 Å². The molecule has 0 aliphatic carbocycles. The molecule has 0 amide bonds. The monoisotopic (exact) mass is 395 g/mol. The molecule has 1 saturated heterocycles. The van der Waals surface area contributed by atoms with Crippen molar-refractivity contribution < 1.29 is 14.2 Å². The maximum absolute atomic E-state index is 5.77. The smallest absolute Gasteiger partial charge is 0.231 e. The van der Waals surface area contributed by atoms with Crippen LogP contribution in [-0.2, 0) is 11.3 Å². The summed E-state index contributed by atoms with van der Waals surface area (Å²) in [6.45, 7) is 1.81. The Hall–Kier alpha value is -2.51. The molecule has 2 aliphatic heterocycles. The average molecular weight is 395 g/mol. The summed E-state index contributed by atoms with van der Waals surface area (Å²) >= 11 is 1.71. The largest absolute Gasteiger partial charge is 0.454 e. The molecule has 28 heavy (non-hydrogen) atoms. The Morgan fingerprint density at radius 2 is 1.93 bits per heavy atom. The number of benzene rings is 2. The Balaban J connectivity index is 1.45. The van der Waals surface area contributed by atoms with Crippen LogP contribution in [0.4, 0.5) is 0 Å². The van der Waals surface area contributed by atoms with Crippen LogP contribution in [-0.4, -0.2) is 40.0 Å². The average Bonchev–Trinajstić information content (AvgIpc) is 3.48. The van der Waals surface area contributed by atoms with Crippen LogP contribution in [0.25, 0.3) is 11.4 Å². The van der Waals surface area contributed by atoms with Gasteiger partial charge in [-0.3, -0.25) is 4.57 Å². The van der Waals surface area contributed by atoms with Crippen molar-refractivity contribution in [3.63, 3.8) is 0 Å². The highest BCUT2D eigenvalue weighted by molar-refractivity contribution is 7.99. The summed E-state index contributed by atoms with van der Waals surface area (Å²) in [4.78, 5) is 0. The van der Waals surface area contributed by atoms with E-state index in [1.807, 2.05) is 30.3 Å². The van der Waals surface area contributed by atoms with Gasteiger partial charge in [-0.1, -0.05) is 48.2 Å². The summed E-state index contributed by atoms with van der Waals surface area (Å²) in [6, 6.07) is 16.2. The Labute approximate surface area is 167 Å². The molecule has 1 fully saturated rings. The van der Waals surface area contributed by atoms with E-state index in [-0.39, 0.29) is 6.79 Å². The molecule has 2 aliphatic rings. The van der Waals surface area contributed by atoms with Gasteiger partial charge in [0, 0.05) is 17.9 Å². The first-order valence-corrected chi connectivity index (χ1v) is 10.5. The number of hydrogen-bond acceptors (Lipinski definition) is 6. The molecule has 3 heterocycles. The zero-order chi connectivity index (χ0) is 18.8. The highest BCUT2D eigenvalue weighted by Crippen LogP contribution is 2.34. The molecule has 7 heteroatoms. The summed E-state index contributed by atoms with van der Waals surface area (Å²) in [5, 5.41) is 9.89. The van der Waals surface area contributed by atoms with Crippen molar-refractivity contribution in [2.75, 3.05) is 19.2 Å².